The van der Waals surface area contributed by atoms with Gasteiger partial charge < -0.3 is 20.1 Å². The molecular formula is C21H22N4O3. The van der Waals surface area contributed by atoms with E-state index >= 15 is 0 Å². The molecule has 2 N–H and O–H groups in total. The van der Waals surface area contributed by atoms with Gasteiger partial charge in [-0.2, -0.15) is 0 Å². The zero-order valence-electron chi connectivity index (χ0n) is 15.6. The lowest BCUT2D eigenvalue weighted by atomic mass is 10.2. The first-order valence-electron chi connectivity index (χ1n) is 8.87. The Hall–Kier alpha value is -3.61. The quantitative estimate of drug-likeness (QED) is 0.557. The molecule has 7 nitrogen and oxygen atoms in total. The van der Waals surface area contributed by atoms with E-state index < -0.39 is 0 Å². The largest absolute Gasteiger partial charge is 0.497 e. The van der Waals surface area contributed by atoms with Crippen molar-refractivity contribution in [3.05, 3.63) is 78.4 Å². The van der Waals surface area contributed by atoms with Crippen LogP contribution in [0.15, 0.2) is 67.3 Å². The van der Waals surface area contributed by atoms with Gasteiger partial charge in [0.1, 0.15) is 18.1 Å². The highest BCUT2D eigenvalue weighted by Gasteiger charge is 2.07. The van der Waals surface area contributed by atoms with E-state index in [2.05, 4.69) is 20.6 Å². The normalized spacial score (nSPS) is 10.2. The van der Waals surface area contributed by atoms with Gasteiger partial charge in [-0.15, -0.1) is 0 Å². The summed E-state index contributed by atoms with van der Waals surface area (Å²) < 4.78 is 10.7. The summed E-state index contributed by atoms with van der Waals surface area (Å²) in [4.78, 5) is 20.4. The van der Waals surface area contributed by atoms with Gasteiger partial charge in [0.2, 0.25) is 0 Å². The predicted octanol–water partition coefficient (Wildman–Crippen LogP) is 2.91. The Kier molecular flexibility index (Phi) is 6.78. The molecule has 1 aromatic carbocycles. The number of methoxy groups -OCH3 is 1. The average Bonchev–Trinajstić information content (AvgIpc) is 2.76. The van der Waals surface area contributed by atoms with E-state index in [1.54, 1.807) is 31.8 Å². The number of rotatable bonds is 9. The monoisotopic (exact) mass is 378 g/mol. The third-order valence-corrected chi connectivity index (χ3v) is 3.96. The van der Waals surface area contributed by atoms with Gasteiger partial charge in [0.25, 0.3) is 5.91 Å². The lowest BCUT2D eigenvalue weighted by Gasteiger charge is -2.10. The van der Waals surface area contributed by atoms with Crippen molar-refractivity contribution in [2.24, 2.45) is 0 Å². The van der Waals surface area contributed by atoms with E-state index in [-0.39, 0.29) is 5.91 Å². The highest BCUT2D eigenvalue weighted by molar-refractivity contribution is 5.94. The van der Waals surface area contributed by atoms with Crippen LogP contribution in [0.1, 0.15) is 15.9 Å². The maximum atomic E-state index is 12.3. The molecule has 0 fully saturated rings. The second-order valence-corrected chi connectivity index (χ2v) is 5.95. The van der Waals surface area contributed by atoms with E-state index in [1.807, 2.05) is 36.4 Å². The van der Waals surface area contributed by atoms with Gasteiger partial charge in [0.15, 0.2) is 0 Å². The number of carbonyl (C=O) groups excluding carboxylic acids is 1. The maximum Gasteiger partial charge on any atom is 0.253 e. The first-order valence-corrected chi connectivity index (χ1v) is 8.87. The zero-order chi connectivity index (χ0) is 19.6. The molecule has 0 radical (unpaired) electrons. The molecule has 3 rings (SSSR count). The molecule has 7 heteroatoms. The van der Waals surface area contributed by atoms with E-state index in [0.717, 1.165) is 22.7 Å². The van der Waals surface area contributed by atoms with E-state index in [1.165, 1.54) is 6.20 Å². The third kappa shape index (κ3) is 5.70. The Morgan fingerprint density at radius 2 is 1.75 bits per heavy atom. The van der Waals surface area contributed by atoms with Crippen LogP contribution >= 0.6 is 0 Å². The molecule has 0 bridgehead atoms. The number of amides is 1. The van der Waals surface area contributed by atoms with Crippen molar-refractivity contribution in [2.75, 3.05) is 25.6 Å². The molecule has 0 saturated carbocycles. The first kappa shape index (κ1) is 19.2. The summed E-state index contributed by atoms with van der Waals surface area (Å²) in [6, 6.07) is 12.9. The second kappa shape index (κ2) is 9.91. The molecule has 0 unspecified atom stereocenters. The third-order valence-electron chi connectivity index (χ3n) is 3.96. The summed E-state index contributed by atoms with van der Waals surface area (Å²) in [5.41, 5.74) is 2.36. The number of pyridine rings is 2. The fourth-order valence-corrected chi connectivity index (χ4v) is 2.47. The molecule has 144 valence electrons. The highest BCUT2D eigenvalue weighted by Crippen LogP contribution is 2.16. The first-order chi connectivity index (χ1) is 13.7. The molecule has 0 aliphatic rings. The van der Waals surface area contributed by atoms with Crippen LogP contribution in [0.5, 0.6) is 11.5 Å². The van der Waals surface area contributed by atoms with E-state index in [4.69, 9.17) is 9.47 Å². The molecule has 0 spiro atoms. The SMILES string of the molecule is COc1ccc(OCCNC(=O)c2cncc(NCc3ccncc3)c2)cc1. The Morgan fingerprint density at radius 3 is 2.50 bits per heavy atom. The summed E-state index contributed by atoms with van der Waals surface area (Å²) in [6.45, 7) is 1.38. The van der Waals surface area contributed by atoms with Crippen molar-refractivity contribution in [1.29, 1.82) is 0 Å². The topological polar surface area (TPSA) is 85.4 Å². The van der Waals surface area contributed by atoms with Crippen LogP contribution in [0, 0.1) is 0 Å². The number of ether oxygens (including phenoxy) is 2. The van der Waals surface area contributed by atoms with Crippen molar-refractivity contribution in [2.45, 2.75) is 6.54 Å². The van der Waals surface area contributed by atoms with Gasteiger partial charge >= 0.3 is 0 Å². The molecule has 3 aromatic rings. The average molecular weight is 378 g/mol. The summed E-state index contributed by atoms with van der Waals surface area (Å²) >= 11 is 0. The van der Waals surface area contributed by atoms with Gasteiger partial charge in [-0.05, 0) is 48.0 Å². The Bertz CT molecular complexity index is 886. The molecular weight excluding hydrogens is 356 g/mol. The summed E-state index contributed by atoms with van der Waals surface area (Å²) in [5.74, 6) is 1.29. The zero-order valence-corrected chi connectivity index (χ0v) is 15.6. The van der Waals surface area contributed by atoms with E-state index in [9.17, 15) is 4.79 Å². The smallest absolute Gasteiger partial charge is 0.253 e. The Morgan fingerprint density at radius 1 is 1.00 bits per heavy atom. The minimum atomic E-state index is -0.196. The van der Waals surface area contributed by atoms with Crippen molar-refractivity contribution in [3.8, 4) is 11.5 Å². The fourth-order valence-electron chi connectivity index (χ4n) is 2.47. The number of benzene rings is 1. The summed E-state index contributed by atoms with van der Waals surface area (Å²) in [6.07, 6.45) is 6.71. The number of hydrogen-bond donors (Lipinski definition) is 2. The van der Waals surface area contributed by atoms with Crippen LogP contribution in [0.25, 0.3) is 0 Å². The minimum absolute atomic E-state index is 0.196. The van der Waals surface area contributed by atoms with Gasteiger partial charge in [0, 0.05) is 31.3 Å². The summed E-state index contributed by atoms with van der Waals surface area (Å²) in [7, 11) is 1.61. The number of hydrogen-bond acceptors (Lipinski definition) is 6. The lowest BCUT2D eigenvalue weighted by molar-refractivity contribution is 0.0946. The highest BCUT2D eigenvalue weighted by atomic mass is 16.5. The van der Waals surface area contributed by atoms with Crippen LogP contribution in [0.2, 0.25) is 0 Å². The van der Waals surface area contributed by atoms with Crippen molar-refractivity contribution >= 4 is 11.6 Å². The second-order valence-electron chi connectivity index (χ2n) is 5.95. The van der Waals surface area contributed by atoms with Gasteiger partial charge in [0.05, 0.1) is 24.9 Å². The van der Waals surface area contributed by atoms with Gasteiger partial charge in [-0.3, -0.25) is 14.8 Å². The molecule has 2 heterocycles. The molecule has 0 saturated heterocycles. The maximum absolute atomic E-state index is 12.3. The van der Waals surface area contributed by atoms with Gasteiger partial charge in [-0.1, -0.05) is 0 Å². The Labute approximate surface area is 163 Å². The number of nitrogens with one attached hydrogen (secondary N) is 2. The van der Waals surface area contributed by atoms with Crippen molar-refractivity contribution < 1.29 is 14.3 Å². The number of aromatic nitrogens is 2. The van der Waals surface area contributed by atoms with Crippen LogP contribution in [-0.2, 0) is 6.54 Å². The molecule has 0 aliphatic carbocycles. The van der Waals surface area contributed by atoms with Crippen molar-refractivity contribution in [3.63, 3.8) is 0 Å². The van der Waals surface area contributed by atoms with E-state index in [0.29, 0.717) is 25.3 Å². The van der Waals surface area contributed by atoms with Crippen LogP contribution in [-0.4, -0.2) is 36.1 Å². The molecule has 2 aromatic heterocycles. The van der Waals surface area contributed by atoms with Crippen LogP contribution < -0.4 is 20.1 Å². The minimum Gasteiger partial charge on any atom is -0.497 e. The molecule has 28 heavy (non-hydrogen) atoms. The number of carbonyl (C=O) groups is 1. The Balaban J connectivity index is 1.44. The standard InChI is InChI=1S/C21H22N4O3/c1-27-19-2-4-20(5-3-19)28-11-10-24-21(26)17-12-18(15-23-14-17)25-13-16-6-8-22-9-7-16/h2-9,12,14-15,25H,10-11,13H2,1H3,(H,24,26). The van der Waals surface area contributed by atoms with Crippen LogP contribution in [0.3, 0.4) is 0 Å². The molecule has 1 amide bonds. The fraction of sp³-hybridized carbons (Fsp3) is 0.190. The summed E-state index contributed by atoms with van der Waals surface area (Å²) in [5, 5.41) is 6.08. The number of nitrogens with zero attached hydrogens (tertiary/aromatic N) is 2. The molecule has 0 aliphatic heterocycles. The lowest BCUT2D eigenvalue weighted by Crippen LogP contribution is -2.28. The predicted molar refractivity (Wildman–Crippen MR) is 107 cm³/mol. The number of anilines is 1. The van der Waals surface area contributed by atoms with Crippen molar-refractivity contribution in [1.82, 2.24) is 15.3 Å². The van der Waals surface area contributed by atoms with Gasteiger partial charge in [-0.25, -0.2) is 0 Å². The van der Waals surface area contributed by atoms with Crippen LogP contribution in [0.4, 0.5) is 5.69 Å². The molecule has 0 atom stereocenters.